The number of hydrogen-bond acceptors (Lipinski definition) is 4. The van der Waals surface area contributed by atoms with Crippen LogP contribution in [0.15, 0.2) is 18.2 Å². The summed E-state index contributed by atoms with van der Waals surface area (Å²) in [5, 5.41) is 0. The number of methoxy groups -OCH3 is 1. The van der Waals surface area contributed by atoms with Gasteiger partial charge in [0.25, 0.3) is 5.91 Å². The third kappa shape index (κ3) is 2.70. The van der Waals surface area contributed by atoms with E-state index in [9.17, 15) is 4.79 Å². The molecule has 2 atom stereocenters. The Bertz CT molecular complexity index is 546. The van der Waals surface area contributed by atoms with Gasteiger partial charge in [-0.15, -0.1) is 0 Å². The van der Waals surface area contributed by atoms with Gasteiger partial charge >= 0.3 is 0 Å². The van der Waals surface area contributed by atoms with Gasteiger partial charge in [-0.25, -0.2) is 0 Å². The number of anilines is 1. The van der Waals surface area contributed by atoms with Gasteiger partial charge < -0.3 is 15.4 Å². The Morgan fingerprint density at radius 2 is 2.00 bits per heavy atom. The zero-order valence-electron chi connectivity index (χ0n) is 12.7. The molecule has 2 unspecified atom stereocenters. The first kappa shape index (κ1) is 14.2. The molecule has 2 aliphatic heterocycles. The van der Waals surface area contributed by atoms with Crippen LogP contribution in [0.5, 0.6) is 5.75 Å². The second kappa shape index (κ2) is 5.56. The molecule has 3 rings (SSSR count). The smallest absolute Gasteiger partial charge is 0.254 e. The minimum atomic E-state index is 0.0570. The average molecular weight is 289 g/mol. The summed E-state index contributed by atoms with van der Waals surface area (Å²) in [5.41, 5.74) is 7.04. The number of ether oxygens (including phenoxy) is 1. The molecule has 0 aromatic heterocycles. The van der Waals surface area contributed by atoms with Crippen LogP contribution in [0.1, 0.15) is 29.6 Å². The summed E-state index contributed by atoms with van der Waals surface area (Å²) in [4.78, 5) is 17.2. The third-order valence-electron chi connectivity index (χ3n) is 4.85. The highest BCUT2D eigenvalue weighted by Crippen LogP contribution is 2.29. The molecule has 1 amide bonds. The van der Waals surface area contributed by atoms with Gasteiger partial charge in [-0.3, -0.25) is 9.69 Å². The number of nitrogens with zero attached hydrogens (tertiary/aromatic N) is 2. The van der Waals surface area contributed by atoms with Crippen LogP contribution in [0.2, 0.25) is 0 Å². The predicted octanol–water partition coefficient (Wildman–Crippen LogP) is 1.59. The van der Waals surface area contributed by atoms with Crippen molar-refractivity contribution in [2.24, 2.45) is 0 Å². The van der Waals surface area contributed by atoms with Crippen LogP contribution in [0.25, 0.3) is 0 Å². The van der Waals surface area contributed by atoms with E-state index in [0.29, 0.717) is 29.1 Å². The Balaban J connectivity index is 1.80. The molecular formula is C16H23N3O2. The Labute approximate surface area is 125 Å². The standard InChI is InChI=1S/C16H23N3O2/c1-18-13-3-4-14(18)10-19(6-5-13)16(20)11-7-12(17)9-15(8-11)21-2/h7-9,13-14H,3-6,10,17H2,1-2H3. The summed E-state index contributed by atoms with van der Waals surface area (Å²) in [6.07, 6.45) is 3.50. The molecular weight excluding hydrogens is 266 g/mol. The molecule has 1 aromatic rings. The van der Waals surface area contributed by atoms with Crippen molar-refractivity contribution < 1.29 is 9.53 Å². The lowest BCUT2D eigenvalue weighted by atomic mass is 10.1. The van der Waals surface area contributed by atoms with Crippen LogP contribution in [0, 0.1) is 0 Å². The zero-order chi connectivity index (χ0) is 15.0. The average Bonchev–Trinajstić information content (AvgIpc) is 2.71. The van der Waals surface area contributed by atoms with Crippen molar-refractivity contribution in [3.05, 3.63) is 23.8 Å². The quantitative estimate of drug-likeness (QED) is 0.840. The van der Waals surface area contributed by atoms with Crippen LogP contribution in [0.3, 0.4) is 0 Å². The number of carbonyl (C=O) groups excluding carboxylic acids is 1. The number of likely N-dealkylation sites (tertiary alicyclic amines) is 1. The lowest BCUT2D eigenvalue weighted by molar-refractivity contribution is 0.0740. The number of fused-ring (bicyclic) bond motifs is 2. The molecule has 2 aliphatic rings. The van der Waals surface area contributed by atoms with Crippen LogP contribution in [0.4, 0.5) is 5.69 Å². The van der Waals surface area contributed by atoms with E-state index in [-0.39, 0.29) is 5.91 Å². The SMILES string of the molecule is COc1cc(N)cc(C(=O)N2CCC3CCC(C2)N3C)c1. The molecule has 0 radical (unpaired) electrons. The second-order valence-corrected chi connectivity index (χ2v) is 6.09. The monoisotopic (exact) mass is 289 g/mol. The van der Waals surface area contributed by atoms with Gasteiger partial charge in [0.15, 0.2) is 0 Å². The van der Waals surface area contributed by atoms with E-state index in [1.165, 1.54) is 12.8 Å². The highest BCUT2D eigenvalue weighted by atomic mass is 16.5. The molecule has 2 heterocycles. The fourth-order valence-corrected chi connectivity index (χ4v) is 3.54. The molecule has 2 fully saturated rings. The van der Waals surface area contributed by atoms with E-state index in [1.807, 2.05) is 4.90 Å². The first-order chi connectivity index (χ1) is 10.1. The molecule has 2 bridgehead atoms. The topological polar surface area (TPSA) is 58.8 Å². The summed E-state index contributed by atoms with van der Waals surface area (Å²) in [5.74, 6) is 0.688. The molecule has 0 aliphatic carbocycles. The van der Waals surface area contributed by atoms with Crippen LogP contribution >= 0.6 is 0 Å². The number of hydrogen-bond donors (Lipinski definition) is 1. The number of carbonyl (C=O) groups is 1. The summed E-state index contributed by atoms with van der Waals surface area (Å²) < 4.78 is 5.21. The van der Waals surface area contributed by atoms with E-state index < -0.39 is 0 Å². The van der Waals surface area contributed by atoms with Gasteiger partial charge in [-0.1, -0.05) is 0 Å². The molecule has 0 saturated carbocycles. The number of nitrogens with two attached hydrogens (primary N) is 1. The summed E-state index contributed by atoms with van der Waals surface area (Å²) in [6, 6.07) is 6.35. The van der Waals surface area contributed by atoms with E-state index in [2.05, 4.69) is 11.9 Å². The number of benzene rings is 1. The largest absolute Gasteiger partial charge is 0.497 e. The second-order valence-electron chi connectivity index (χ2n) is 6.09. The lowest BCUT2D eigenvalue weighted by Gasteiger charge is -2.26. The van der Waals surface area contributed by atoms with E-state index in [0.717, 1.165) is 19.5 Å². The summed E-state index contributed by atoms with van der Waals surface area (Å²) in [7, 11) is 3.77. The third-order valence-corrected chi connectivity index (χ3v) is 4.85. The highest BCUT2D eigenvalue weighted by molar-refractivity contribution is 5.95. The van der Waals surface area contributed by atoms with Crippen molar-refractivity contribution in [3.63, 3.8) is 0 Å². The lowest BCUT2D eigenvalue weighted by Crippen LogP contribution is -2.39. The Morgan fingerprint density at radius 1 is 1.24 bits per heavy atom. The van der Waals surface area contributed by atoms with Crippen LogP contribution in [-0.2, 0) is 0 Å². The maximum absolute atomic E-state index is 12.8. The number of nitrogen functional groups attached to an aromatic ring is 1. The van der Waals surface area contributed by atoms with Crippen molar-refractivity contribution in [1.29, 1.82) is 0 Å². The van der Waals surface area contributed by atoms with Gasteiger partial charge in [-0.2, -0.15) is 0 Å². The summed E-state index contributed by atoms with van der Waals surface area (Å²) in [6.45, 7) is 1.63. The van der Waals surface area contributed by atoms with Crippen molar-refractivity contribution >= 4 is 11.6 Å². The van der Waals surface area contributed by atoms with E-state index >= 15 is 0 Å². The Hall–Kier alpha value is -1.75. The normalized spacial score (nSPS) is 25.7. The fourth-order valence-electron chi connectivity index (χ4n) is 3.54. The van der Waals surface area contributed by atoms with Gasteiger partial charge in [-0.05, 0) is 38.4 Å². The molecule has 2 N–H and O–H groups in total. The Kier molecular flexibility index (Phi) is 3.76. The van der Waals surface area contributed by atoms with Crippen LogP contribution in [-0.4, -0.2) is 55.0 Å². The first-order valence-electron chi connectivity index (χ1n) is 7.54. The Morgan fingerprint density at radius 3 is 2.76 bits per heavy atom. The van der Waals surface area contributed by atoms with Crippen molar-refractivity contribution in [2.75, 3.05) is 33.0 Å². The number of rotatable bonds is 2. The van der Waals surface area contributed by atoms with E-state index in [4.69, 9.17) is 10.5 Å². The van der Waals surface area contributed by atoms with E-state index in [1.54, 1.807) is 25.3 Å². The van der Waals surface area contributed by atoms with Crippen molar-refractivity contribution in [2.45, 2.75) is 31.3 Å². The summed E-state index contributed by atoms with van der Waals surface area (Å²) >= 11 is 0. The maximum atomic E-state index is 12.8. The molecule has 5 nitrogen and oxygen atoms in total. The maximum Gasteiger partial charge on any atom is 0.254 e. The number of amides is 1. The number of likely N-dealkylation sites (N-methyl/N-ethyl adjacent to an activating group) is 1. The molecule has 21 heavy (non-hydrogen) atoms. The van der Waals surface area contributed by atoms with Gasteiger partial charge in [0.1, 0.15) is 5.75 Å². The minimum absolute atomic E-state index is 0.0570. The van der Waals surface area contributed by atoms with Gasteiger partial charge in [0.05, 0.1) is 7.11 Å². The molecule has 5 heteroatoms. The molecule has 0 spiro atoms. The fraction of sp³-hybridized carbons (Fsp3) is 0.562. The zero-order valence-corrected chi connectivity index (χ0v) is 12.7. The molecule has 1 aromatic carbocycles. The first-order valence-corrected chi connectivity index (χ1v) is 7.54. The highest BCUT2D eigenvalue weighted by Gasteiger charge is 2.36. The molecule has 2 saturated heterocycles. The minimum Gasteiger partial charge on any atom is -0.497 e. The van der Waals surface area contributed by atoms with Crippen molar-refractivity contribution in [3.8, 4) is 5.75 Å². The van der Waals surface area contributed by atoms with Crippen LogP contribution < -0.4 is 10.5 Å². The van der Waals surface area contributed by atoms with Gasteiger partial charge in [0.2, 0.25) is 0 Å². The molecule has 114 valence electrons. The van der Waals surface area contributed by atoms with Crippen molar-refractivity contribution in [1.82, 2.24) is 9.80 Å². The predicted molar refractivity (Wildman–Crippen MR) is 82.5 cm³/mol. The van der Waals surface area contributed by atoms with Gasteiger partial charge in [0, 0.05) is 42.5 Å².